The normalized spacial score (nSPS) is 9.49. The zero-order valence-corrected chi connectivity index (χ0v) is 24.8. The standard InChI is InChI=1S/C30H20ClN3.3CO.Re/c31-30-27(20-23-14-13-22-8-7-19-32-28(22)29(23)33-30)21-15-17-26(18-16-21)34(24-9-3-1-4-10-24)25-11-5-2-6-12-25;3*1-2;/h1-20H;;;;. The number of hydrogen-bond acceptors (Lipinski definition) is 6. The third-order valence-corrected chi connectivity index (χ3v) is 6.26. The number of nitrogens with zero attached hydrogens (tertiary/aromatic N) is 3. The van der Waals surface area contributed by atoms with Crippen LogP contribution in [0.25, 0.3) is 32.9 Å². The molecule has 2 aromatic heterocycles. The number of pyridine rings is 2. The van der Waals surface area contributed by atoms with Gasteiger partial charge in [-0.15, -0.1) is 0 Å². The summed E-state index contributed by atoms with van der Waals surface area (Å²) in [5.74, 6) is 0. The second-order valence-corrected chi connectivity index (χ2v) is 8.45. The van der Waals surface area contributed by atoms with Crippen LogP contribution in [0.4, 0.5) is 17.1 Å². The average molecular weight is 728 g/mol. The van der Waals surface area contributed by atoms with Crippen molar-refractivity contribution in [1.82, 2.24) is 9.97 Å². The number of carbonyl (C=O) groups excluding carboxylic acids is 3. The fourth-order valence-corrected chi connectivity index (χ4v) is 4.59. The maximum Gasteiger partial charge on any atom is 0.281 e. The topological polar surface area (TPSA) is 80.2 Å². The Labute approximate surface area is 257 Å². The van der Waals surface area contributed by atoms with Gasteiger partial charge < -0.3 is 4.90 Å². The third kappa shape index (κ3) is 7.36. The van der Waals surface area contributed by atoms with Crippen molar-refractivity contribution in [2.24, 2.45) is 0 Å². The van der Waals surface area contributed by atoms with Gasteiger partial charge in [0, 0.05) is 60.0 Å². The van der Waals surface area contributed by atoms with Crippen LogP contribution in [0.1, 0.15) is 0 Å². The van der Waals surface area contributed by atoms with Crippen molar-refractivity contribution >= 4 is 70.8 Å². The third-order valence-electron chi connectivity index (χ3n) is 5.98. The van der Waals surface area contributed by atoms with E-state index in [0.29, 0.717) is 5.15 Å². The summed E-state index contributed by atoms with van der Waals surface area (Å²) < 4.78 is 0. The second kappa shape index (κ2) is 16.5. The minimum absolute atomic E-state index is 0. The number of aromatic nitrogens is 2. The zero-order valence-electron chi connectivity index (χ0n) is 21.4. The molecular formula is C33H20ClN3O3Re. The van der Waals surface area contributed by atoms with Gasteiger partial charge in [0.25, 0.3) is 20.4 Å². The van der Waals surface area contributed by atoms with Crippen molar-refractivity contribution in [3.63, 3.8) is 0 Å². The van der Waals surface area contributed by atoms with E-state index < -0.39 is 0 Å². The van der Waals surface area contributed by atoms with Gasteiger partial charge in [-0.05, 0) is 54.1 Å². The molecule has 199 valence electrons. The summed E-state index contributed by atoms with van der Waals surface area (Å²) in [6.07, 6.45) is 1.79. The molecule has 0 bridgehead atoms. The number of benzene rings is 4. The van der Waals surface area contributed by atoms with Crippen LogP contribution in [0.5, 0.6) is 0 Å². The molecule has 0 saturated heterocycles. The van der Waals surface area contributed by atoms with E-state index >= 15 is 0 Å². The number of fused-ring (bicyclic) bond motifs is 3. The van der Waals surface area contributed by atoms with Gasteiger partial charge >= 0.3 is 0 Å². The molecule has 6 aromatic rings. The van der Waals surface area contributed by atoms with E-state index in [1.807, 2.05) is 24.3 Å². The summed E-state index contributed by atoms with van der Waals surface area (Å²) in [7, 11) is 0. The summed E-state index contributed by atoms with van der Waals surface area (Å²) >= 11 is 6.68. The second-order valence-electron chi connectivity index (χ2n) is 8.09. The SMILES string of the molecule is Clc1nc2c(ccc3cccnc32)cc1-c1ccc(N(c2ccccc2)c2ccccc2)cc1.[C]=O.[C]=O.[C]=O.[Re]. The Morgan fingerprint density at radius 1 is 0.561 bits per heavy atom. The van der Waals surface area contributed by atoms with Crippen molar-refractivity contribution in [3.8, 4) is 11.1 Å². The van der Waals surface area contributed by atoms with Crippen molar-refractivity contribution in [2.45, 2.75) is 0 Å². The van der Waals surface area contributed by atoms with E-state index in [-0.39, 0.29) is 20.4 Å². The molecule has 0 spiro atoms. The Morgan fingerprint density at radius 2 is 1.07 bits per heavy atom. The van der Waals surface area contributed by atoms with Crippen LogP contribution in [0, 0.1) is 0 Å². The molecule has 0 unspecified atom stereocenters. The van der Waals surface area contributed by atoms with Gasteiger partial charge in [0.05, 0.1) is 11.0 Å². The van der Waals surface area contributed by atoms with Crippen LogP contribution in [0.15, 0.2) is 121 Å². The molecule has 0 aliphatic rings. The fraction of sp³-hybridized carbons (Fsp3) is 0. The van der Waals surface area contributed by atoms with Gasteiger partial charge in [-0.2, -0.15) is 0 Å². The molecule has 0 atom stereocenters. The molecule has 0 aliphatic carbocycles. The summed E-state index contributed by atoms with van der Waals surface area (Å²) in [4.78, 5) is 34.0. The molecule has 0 aliphatic heterocycles. The maximum absolute atomic E-state index is 7.50. The van der Waals surface area contributed by atoms with Gasteiger partial charge in [-0.25, -0.2) is 4.98 Å². The summed E-state index contributed by atoms with van der Waals surface area (Å²) in [5.41, 5.74) is 6.89. The van der Waals surface area contributed by atoms with E-state index in [2.05, 4.69) is 121 Å². The smallest absolute Gasteiger partial charge is 0.281 e. The average Bonchev–Trinajstić information content (AvgIpc) is 3.05. The molecule has 8 heteroatoms. The van der Waals surface area contributed by atoms with Crippen LogP contribution >= 0.6 is 11.6 Å². The molecule has 7 radical (unpaired) electrons. The maximum atomic E-state index is 7.50. The monoisotopic (exact) mass is 728 g/mol. The zero-order chi connectivity index (χ0) is 28.9. The fourth-order valence-electron chi connectivity index (χ4n) is 4.35. The minimum atomic E-state index is 0. The molecule has 0 saturated carbocycles. The first-order chi connectivity index (χ1) is 19.8. The Kier molecular flexibility index (Phi) is 13.2. The van der Waals surface area contributed by atoms with E-state index in [1.165, 1.54) is 0 Å². The molecule has 41 heavy (non-hydrogen) atoms. The van der Waals surface area contributed by atoms with Crippen molar-refractivity contribution in [1.29, 1.82) is 0 Å². The first-order valence-electron chi connectivity index (χ1n) is 11.7. The first-order valence-corrected chi connectivity index (χ1v) is 12.1. The summed E-state index contributed by atoms with van der Waals surface area (Å²) in [6.45, 7) is 13.5. The van der Waals surface area contributed by atoms with E-state index in [0.717, 1.165) is 50.0 Å². The van der Waals surface area contributed by atoms with Crippen molar-refractivity contribution in [2.75, 3.05) is 4.90 Å². The number of anilines is 3. The Bertz CT molecular complexity index is 1630. The summed E-state index contributed by atoms with van der Waals surface area (Å²) in [6, 6.07) is 39.4. The van der Waals surface area contributed by atoms with Crippen LogP contribution in [0.2, 0.25) is 5.15 Å². The van der Waals surface area contributed by atoms with Gasteiger partial charge in [-0.1, -0.05) is 78.3 Å². The minimum Gasteiger partial charge on any atom is -0.311 e. The van der Waals surface area contributed by atoms with Crippen LogP contribution in [-0.2, 0) is 34.8 Å². The molecule has 0 amide bonds. The van der Waals surface area contributed by atoms with E-state index in [9.17, 15) is 0 Å². The molecule has 4 aromatic carbocycles. The Hall–Kier alpha value is -4.54. The van der Waals surface area contributed by atoms with E-state index in [1.54, 1.807) is 6.20 Å². The molecule has 0 fully saturated rings. The predicted octanol–water partition coefficient (Wildman–Crippen LogP) is 7.38. The Balaban J connectivity index is 0.000000791. The molecule has 6 rings (SSSR count). The molecular weight excluding hydrogens is 708 g/mol. The predicted molar refractivity (Wildman–Crippen MR) is 159 cm³/mol. The summed E-state index contributed by atoms with van der Waals surface area (Å²) in [5, 5.41) is 2.55. The van der Waals surface area contributed by atoms with Crippen LogP contribution in [0.3, 0.4) is 0 Å². The largest absolute Gasteiger partial charge is 0.311 e. The van der Waals surface area contributed by atoms with Crippen LogP contribution < -0.4 is 4.90 Å². The first kappa shape index (κ1) is 32.7. The Morgan fingerprint density at radius 3 is 1.63 bits per heavy atom. The van der Waals surface area contributed by atoms with Gasteiger partial charge in [-0.3, -0.25) is 19.4 Å². The van der Waals surface area contributed by atoms with Crippen LogP contribution in [-0.4, -0.2) is 30.3 Å². The number of para-hydroxylation sites is 2. The molecule has 6 nitrogen and oxygen atoms in total. The number of rotatable bonds is 4. The molecule has 0 N–H and O–H groups in total. The van der Waals surface area contributed by atoms with Gasteiger partial charge in [0.15, 0.2) is 0 Å². The van der Waals surface area contributed by atoms with Gasteiger partial charge in [0.1, 0.15) is 5.15 Å². The van der Waals surface area contributed by atoms with Crippen molar-refractivity contribution in [3.05, 3.63) is 127 Å². The quantitative estimate of drug-likeness (QED) is 0.139. The number of hydrogen-bond donors (Lipinski definition) is 0. The van der Waals surface area contributed by atoms with E-state index in [4.69, 9.17) is 31.0 Å². The van der Waals surface area contributed by atoms with Gasteiger partial charge in [0.2, 0.25) is 0 Å². The number of halogens is 1. The van der Waals surface area contributed by atoms with Crippen molar-refractivity contribution < 1.29 is 34.8 Å². The molecule has 2 heterocycles.